The molecule has 0 aromatic heterocycles. The molecule has 15 heavy (non-hydrogen) atoms. The molecule has 0 aliphatic heterocycles. The fourth-order valence-corrected chi connectivity index (χ4v) is 3.86. The summed E-state index contributed by atoms with van der Waals surface area (Å²) in [7, 11) is 0. The van der Waals surface area contributed by atoms with Gasteiger partial charge in [0.15, 0.2) is 0 Å². The van der Waals surface area contributed by atoms with Gasteiger partial charge in [0.25, 0.3) is 0 Å². The smallest absolute Gasteiger partial charge is 0.00852 e. The van der Waals surface area contributed by atoms with Gasteiger partial charge >= 0.3 is 0 Å². The summed E-state index contributed by atoms with van der Waals surface area (Å²) in [6, 6.07) is 0. The molecule has 76 valence electrons. The molecule has 0 amide bonds. The van der Waals surface area contributed by atoms with Crippen LogP contribution in [0, 0.1) is 0 Å². The Morgan fingerprint density at radius 1 is 0.667 bits per heavy atom. The Kier molecular flexibility index (Phi) is 1.49. The molecule has 0 fully saturated rings. The van der Waals surface area contributed by atoms with Gasteiger partial charge in [0.05, 0.1) is 0 Å². The van der Waals surface area contributed by atoms with E-state index in [-0.39, 0.29) is 0 Å². The van der Waals surface area contributed by atoms with E-state index >= 15 is 0 Å². The fraction of sp³-hybridized carbons (Fsp3) is 0.467. The van der Waals surface area contributed by atoms with Crippen LogP contribution in [0.1, 0.15) is 46.2 Å². The predicted molar refractivity (Wildman–Crippen MR) is 63.2 cm³/mol. The molecule has 1 aromatic rings. The van der Waals surface area contributed by atoms with Gasteiger partial charge in [0, 0.05) is 0 Å². The molecule has 0 radical (unpaired) electrons. The van der Waals surface area contributed by atoms with E-state index in [1.807, 2.05) is 0 Å². The third-order valence-corrected chi connectivity index (χ3v) is 4.42. The van der Waals surface area contributed by atoms with Crippen LogP contribution < -0.4 is 0 Å². The Morgan fingerprint density at radius 3 is 2.07 bits per heavy atom. The van der Waals surface area contributed by atoms with Crippen LogP contribution >= 0.6 is 0 Å². The Hall–Kier alpha value is -1.04. The minimum atomic E-state index is 1.21. The van der Waals surface area contributed by atoms with E-state index in [1.54, 1.807) is 33.4 Å². The molecule has 0 nitrogen and oxygen atoms in total. The van der Waals surface area contributed by atoms with Gasteiger partial charge in [-0.05, 0) is 78.3 Å². The molecule has 0 heteroatoms. The van der Waals surface area contributed by atoms with E-state index in [0.717, 1.165) is 0 Å². The maximum absolute atomic E-state index is 2.39. The maximum Gasteiger partial charge on any atom is -0.00852 e. The average Bonchev–Trinajstić information content (AvgIpc) is 2.97. The molecular weight excluding hydrogens is 180 g/mol. The summed E-state index contributed by atoms with van der Waals surface area (Å²) in [5.74, 6) is 0. The molecule has 0 saturated heterocycles. The third kappa shape index (κ3) is 0.928. The van der Waals surface area contributed by atoms with Gasteiger partial charge in [-0.25, -0.2) is 0 Å². The van der Waals surface area contributed by atoms with Gasteiger partial charge in [-0.15, -0.1) is 0 Å². The highest BCUT2D eigenvalue weighted by atomic mass is 14.3. The topological polar surface area (TPSA) is 0 Å². The molecular formula is C15H16. The highest BCUT2D eigenvalue weighted by molar-refractivity contribution is 5.70. The van der Waals surface area contributed by atoms with Crippen LogP contribution in [0.25, 0.3) is 6.08 Å². The van der Waals surface area contributed by atoms with Crippen molar-refractivity contribution in [2.75, 3.05) is 0 Å². The van der Waals surface area contributed by atoms with E-state index in [9.17, 15) is 0 Å². The zero-order chi connectivity index (χ0) is 9.83. The summed E-state index contributed by atoms with van der Waals surface area (Å²) in [4.78, 5) is 0. The monoisotopic (exact) mass is 196 g/mol. The van der Waals surface area contributed by atoms with Crippen molar-refractivity contribution >= 4 is 6.08 Å². The van der Waals surface area contributed by atoms with Crippen LogP contribution in [0.3, 0.4) is 0 Å². The van der Waals surface area contributed by atoms with Gasteiger partial charge in [-0.3, -0.25) is 0 Å². The van der Waals surface area contributed by atoms with Crippen LogP contribution in [0.4, 0.5) is 0 Å². The summed E-state index contributed by atoms with van der Waals surface area (Å²) in [6.45, 7) is 0. The van der Waals surface area contributed by atoms with E-state index in [1.165, 1.54) is 44.9 Å². The zero-order valence-corrected chi connectivity index (χ0v) is 9.10. The largest absolute Gasteiger partial charge is 0.0795 e. The maximum atomic E-state index is 2.39. The van der Waals surface area contributed by atoms with Crippen molar-refractivity contribution in [2.24, 2.45) is 0 Å². The Morgan fingerprint density at radius 2 is 1.27 bits per heavy atom. The van der Waals surface area contributed by atoms with Gasteiger partial charge in [0.2, 0.25) is 0 Å². The lowest BCUT2D eigenvalue weighted by Gasteiger charge is -2.14. The van der Waals surface area contributed by atoms with E-state index in [4.69, 9.17) is 0 Å². The van der Waals surface area contributed by atoms with Crippen LogP contribution in [-0.2, 0) is 32.1 Å². The summed E-state index contributed by atoms with van der Waals surface area (Å²) >= 11 is 0. The lowest BCUT2D eigenvalue weighted by molar-refractivity contribution is 0.886. The molecule has 0 atom stereocenters. The molecule has 1 aromatic carbocycles. The first-order valence-corrected chi connectivity index (χ1v) is 6.30. The van der Waals surface area contributed by atoms with Crippen molar-refractivity contribution < 1.29 is 0 Å². The zero-order valence-electron chi connectivity index (χ0n) is 9.10. The van der Waals surface area contributed by atoms with Crippen LogP contribution in [0.2, 0.25) is 0 Å². The van der Waals surface area contributed by atoms with Gasteiger partial charge in [-0.1, -0.05) is 12.2 Å². The second kappa shape index (κ2) is 2.75. The van der Waals surface area contributed by atoms with Crippen LogP contribution in [0.15, 0.2) is 6.08 Å². The summed E-state index contributed by atoms with van der Waals surface area (Å²) < 4.78 is 0. The molecule has 3 aliphatic carbocycles. The second-order valence-electron chi connectivity index (χ2n) is 5.12. The third-order valence-electron chi connectivity index (χ3n) is 4.42. The summed E-state index contributed by atoms with van der Waals surface area (Å²) in [5, 5.41) is 0. The summed E-state index contributed by atoms with van der Waals surface area (Å²) in [5.41, 5.74) is 10.3. The number of fused-ring (bicyclic) bond motifs is 6. The average molecular weight is 196 g/mol. The molecule has 0 unspecified atom stereocenters. The first kappa shape index (κ1) is 8.15. The Labute approximate surface area is 91.0 Å². The van der Waals surface area contributed by atoms with Crippen molar-refractivity contribution in [3.63, 3.8) is 0 Å². The first-order valence-electron chi connectivity index (χ1n) is 6.30. The first-order chi connectivity index (χ1) is 7.45. The second-order valence-corrected chi connectivity index (χ2v) is 5.12. The minimum Gasteiger partial charge on any atom is -0.0795 e. The minimum absolute atomic E-state index is 1.21. The lowest BCUT2D eigenvalue weighted by atomic mass is 9.90. The predicted octanol–water partition coefficient (Wildman–Crippen LogP) is 3.23. The lowest BCUT2D eigenvalue weighted by Crippen LogP contribution is -2.00. The van der Waals surface area contributed by atoms with Gasteiger partial charge < -0.3 is 0 Å². The standard InChI is InChI=1S/C15H16/c1-4-10-11(5-1)13-7-3-9-15(13)14-8-2-6-12(10)14/h1,4H,2-3,5-9H2. The van der Waals surface area contributed by atoms with Gasteiger partial charge in [-0.2, -0.15) is 0 Å². The van der Waals surface area contributed by atoms with E-state index in [0.29, 0.717) is 0 Å². The number of hydrogen-bond acceptors (Lipinski definition) is 0. The number of rotatable bonds is 0. The van der Waals surface area contributed by atoms with Crippen LogP contribution in [-0.4, -0.2) is 0 Å². The van der Waals surface area contributed by atoms with Gasteiger partial charge in [0.1, 0.15) is 0 Å². The molecule has 0 heterocycles. The van der Waals surface area contributed by atoms with Crippen LogP contribution in [0.5, 0.6) is 0 Å². The van der Waals surface area contributed by atoms with Crippen molar-refractivity contribution in [1.82, 2.24) is 0 Å². The highest BCUT2D eigenvalue weighted by Gasteiger charge is 2.28. The number of benzene rings is 1. The fourth-order valence-electron chi connectivity index (χ4n) is 3.86. The molecule has 0 bridgehead atoms. The molecule has 0 saturated carbocycles. The molecule has 0 N–H and O–H groups in total. The van der Waals surface area contributed by atoms with E-state index in [2.05, 4.69) is 12.2 Å². The normalized spacial score (nSPS) is 20.5. The number of allylic oxidation sites excluding steroid dienone is 1. The molecule has 4 rings (SSSR count). The number of hydrogen-bond donors (Lipinski definition) is 0. The van der Waals surface area contributed by atoms with Crippen molar-refractivity contribution in [2.45, 2.75) is 44.9 Å². The van der Waals surface area contributed by atoms with Crippen molar-refractivity contribution in [3.05, 3.63) is 39.5 Å². The van der Waals surface area contributed by atoms with Crippen molar-refractivity contribution in [3.8, 4) is 0 Å². The molecule has 0 spiro atoms. The Balaban J connectivity index is 2.11. The summed E-state index contributed by atoms with van der Waals surface area (Å²) in [6.07, 6.45) is 14.2. The van der Waals surface area contributed by atoms with E-state index < -0.39 is 0 Å². The Bertz CT molecular complexity index is 468. The highest BCUT2D eigenvalue weighted by Crippen LogP contribution is 2.41. The van der Waals surface area contributed by atoms with Crippen molar-refractivity contribution in [1.29, 1.82) is 0 Å². The SMILES string of the molecule is C1=Cc2c(c3c(c4c2CCC4)CCC3)C1. The molecule has 3 aliphatic rings. The quantitative estimate of drug-likeness (QED) is 0.597.